The molecule has 7 nitrogen and oxygen atoms in total. The van der Waals surface area contributed by atoms with Crippen LogP contribution in [0, 0.1) is 6.92 Å². The summed E-state index contributed by atoms with van der Waals surface area (Å²) in [6.07, 6.45) is 3.03. The number of esters is 1. The molecule has 1 amide bonds. The second-order valence-electron chi connectivity index (χ2n) is 8.04. The van der Waals surface area contributed by atoms with Gasteiger partial charge in [-0.1, -0.05) is 18.2 Å². The van der Waals surface area contributed by atoms with Crippen molar-refractivity contribution in [2.75, 3.05) is 20.3 Å². The molecule has 3 aromatic rings. The predicted molar refractivity (Wildman–Crippen MR) is 123 cm³/mol. The summed E-state index contributed by atoms with van der Waals surface area (Å²) in [7, 11) is 1.36. The number of carbonyl (C=O) groups is 2. The first-order valence-corrected chi connectivity index (χ1v) is 11.2. The van der Waals surface area contributed by atoms with E-state index in [1.165, 1.54) is 7.11 Å². The Bertz CT molecular complexity index is 1090. The molecule has 33 heavy (non-hydrogen) atoms. The Morgan fingerprint density at radius 2 is 1.85 bits per heavy atom. The van der Waals surface area contributed by atoms with Gasteiger partial charge in [-0.2, -0.15) is 0 Å². The second-order valence-corrected chi connectivity index (χ2v) is 8.04. The molecule has 1 fully saturated rings. The van der Waals surface area contributed by atoms with E-state index in [0.717, 1.165) is 29.9 Å². The van der Waals surface area contributed by atoms with Crippen LogP contribution in [0.3, 0.4) is 0 Å². The molecule has 1 saturated heterocycles. The van der Waals surface area contributed by atoms with Crippen molar-refractivity contribution in [3.8, 4) is 17.2 Å². The largest absolute Gasteiger partial charge is 0.493 e. The fraction of sp³-hybridized carbons (Fsp3) is 0.346. The van der Waals surface area contributed by atoms with Crippen molar-refractivity contribution in [2.45, 2.75) is 38.6 Å². The fourth-order valence-electron chi connectivity index (χ4n) is 4.05. The van der Waals surface area contributed by atoms with Crippen LogP contribution in [0.1, 0.15) is 41.1 Å². The smallest absolute Gasteiger partial charge is 0.328 e. The summed E-state index contributed by atoms with van der Waals surface area (Å²) in [5, 5.41) is 0. The van der Waals surface area contributed by atoms with Crippen LogP contribution in [0.4, 0.5) is 0 Å². The number of aryl methyl sites for hydroxylation is 1. The van der Waals surface area contributed by atoms with Crippen LogP contribution < -0.4 is 4.74 Å². The number of hydrogen-bond donors (Lipinski definition) is 0. The summed E-state index contributed by atoms with van der Waals surface area (Å²) >= 11 is 0. The number of piperidine rings is 1. The van der Waals surface area contributed by atoms with E-state index in [-0.39, 0.29) is 11.9 Å². The number of nitrogens with zero attached hydrogens (tertiary/aromatic N) is 2. The van der Waals surface area contributed by atoms with Crippen LogP contribution in [0.2, 0.25) is 0 Å². The minimum absolute atomic E-state index is 0.164. The van der Waals surface area contributed by atoms with Crippen LogP contribution in [0.15, 0.2) is 59.0 Å². The first-order chi connectivity index (χ1) is 16.1. The standard InChI is InChI=1S/C26H28N2O5/c1-18-22(27-24(33-18)19-8-4-3-5-9-19)15-17-32-21-13-11-20(12-14-21)25(29)28-16-7-6-10-23(28)26(30)31-2/h3-5,8-9,11-14,23H,6-7,10,15-17H2,1-2H3. The second kappa shape index (κ2) is 10.3. The summed E-state index contributed by atoms with van der Waals surface area (Å²) in [6, 6.07) is 16.3. The average Bonchev–Trinajstić information content (AvgIpc) is 3.24. The van der Waals surface area contributed by atoms with E-state index in [2.05, 4.69) is 4.98 Å². The van der Waals surface area contributed by atoms with Crippen molar-refractivity contribution in [1.82, 2.24) is 9.88 Å². The molecule has 4 rings (SSSR count). The Balaban J connectivity index is 1.34. The molecule has 0 N–H and O–H groups in total. The van der Waals surface area contributed by atoms with Crippen LogP contribution in [0.5, 0.6) is 5.75 Å². The Hall–Kier alpha value is -3.61. The molecule has 1 aromatic heterocycles. The van der Waals surface area contributed by atoms with E-state index in [9.17, 15) is 9.59 Å². The van der Waals surface area contributed by atoms with Crippen molar-refractivity contribution < 1.29 is 23.5 Å². The summed E-state index contributed by atoms with van der Waals surface area (Å²) < 4.78 is 16.5. The first-order valence-electron chi connectivity index (χ1n) is 11.2. The zero-order valence-corrected chi connectivity index (χ0v) is 19.0. The van der Waals surface area contributed by atoms with Crippen LogP contribution in [-0.4, -0.2) is 48.1 Å². The molecular weight excluding hydrogens is 420 g/mol. The highest BCUT2D eigenvalue weighted by molar-refractivity contribution is 5.97. The molecule has 2 aromatic carbocycles. The molecule has 172 valence electrons. The summed E-state index contributed by atoms with van der Waals surface area (Å²) in [5.74, 6) is 1.53. The normalized spacial score (nSPS) is 15.8. The van der Waals surface area contributed by atoms with Crippen molar-refractivity contribution in [3.05, 3.63) is 71.6 Å². The quantitative estimate of drug-likeness (QED) is 0.497. The topological polar surface area (TPSA) is 81.9 Å². The number of aromatic nitrogens is 1. The third-order valence-electron chi connectivity index (χ3n) is 5.86. The lowest BCUT2D eigenvalue weighted by Crippen LogP contribution is -2.48. The van der Waals surface area contributed by atoms with Gasteiger partial charge in [0.25, 0.3) is 5.91 Å². The molecule has 1 aliphatic rings. The number of hydrogen-bond acceptors (Lipinski definition) is 6. The lowest BCUT2D eigenvalue weighted by Gasteiger charge is -2.33. The van der Waals surface area contributed by atoms with Gasteiger partial charge in [0.05, 0.1) is 19.4 Å². The van der Waals surface area contributed by atoms with Crippen molar-refractivity contribution in [3.63, 3.8) is 0 Å². The van der Waals surface area contributed by atoms with Crippen molar-refractivity contribution in [1.29, 1.82) is 0 Å². The lowest BCUT2D eigenvalue weighted by atomic mass is 10.0. The van der Waals surface area contributed by atoms with E-state index in [0.29, 0.717) is 43.2 Å². The van der Waals surface area contributed by atoms with Gasteiger partial charge in [0.2, 0.25) is 5.89 Å². The Morgan fingerprint density at radius 3 is 2.58 bits per heavy atom. The third kappa shape index (κ3) is 5.25. The number of oxazole rings is 1. The number of carbonyl (C=O) groups excluding carboxylic acids is 2. The van der Waals surface area contributed by atoms with Gasteiger partial charge in [-0.15, -0.1) is 0 Å². The number of rotatable bonds is 7. The molecule has 7 heteroatoms. The van der Waals surface area contributed by atoms with Crippen LogP contribution in [0.25, 0.3) is 11.5 Å². The number of benzene rings is 2. The zero-order valence-electron chi connectivity index (χ0n) is 19.0. The van der Waals surface area contributed by atoms with E-state index in [1.807, 2.05) is 37.3 Å². The van der Waals surface area contributed by atoms with E-state index in [4.69, 9.17) is 13.9 Å². The van der Waals surface area contributed by atoms with Gasteiger partial charge in [-0.05, 0) is 62.6 Å². The number of amides is 1. The predicted octanol–water partition coefficient (Wildman–Crippen LogP) is 4.44. The van der Waals surface area contributed by atoms with Gasteiger partial charge in [-0.25, -0.2) is 9.78 Å². The van der Waals surface area contributed by atoms with Gasteiger partial charge in [0, 0.05) is 24.1 Å². The molecule has 0 bridgehead atoms. The zero-order chi connectivity index (χ0) is 23.2. The Labute approximate surface area is 193 Å². The molecule has 1 aliphatic heterocycles. The van der Waals surface area contributed by atoms with Crippen LogP contribution >= 0.6 is 0 Å². The monoisotopic (exact) mass is 448 g/mol. The van der Waals surface area contributed by atoms with Crippen LogP contribution in [-0.2, 0) is 16.0 Å². The average molecular weight is 449 g/mol. The van der Waals surface area contributed by atoms with Gasteiger partial charge < -0.3 is 18.8 Å². The van der Waals surface area contributed by atoms with Crippen molar-refractivity contribution >= 4 is 11.9 Å². The maximum Gasteiger partial charge on any atom is 0.328 e. The van der Waals surface area contributed by atoms with E-state index < -0.39 is 6.04 Å². The Morgan fingerprint density at radius 1 is 1.09 bits per heavy atom. The maximum atomic E-state index is 13.0. The highest BCUT2D eigenvalue weighted by Gasteiger charge is 2.33. The van der Waals surface area contributed by atoms with Gasteiger partial charge in [-0.3, -0.25) is 4.79 Å². The summed E-state index contributed by atoms with van der Waals surface area (Å²) in [4.78, 5) is 31.2. The SMILES string of the molecule is COC(=O)C1CCCCN1C(=O)c1ccc(OCCc2nc(-c3ccccc3)oc2C)cc1. The summed E-state index contributed by atoms with van der Waals surface area (Å²) in [6.45, 7) is 2.89. The van der Waals surface area contributed by atoms with Crippen molar-refractivity contribution in [2.24, 2.45) is 0 Å². The van der Waals surface area contributed by atoms with Gasteiger partial charge >= 0.3 is 5.97 Å². The minimum atomic E-state index is -0.515. The highest BCUT2D eigenvalue weighted by Crippen LogP contribution is 2.23. The molecule has 0 saturated carbocycles. The minimum Gasteiger partial charge on any atom is -0.493 e. The fourth-order valence-corrected chi connectivity index (χ4v) is 4.05. The number of likely N-dealkylation sites (tertiary alicyclic amines) is 1. The van der Waals surface area contributed by atoms with Gasteiger partial charge in [0.1, 0.15) is 17.6 Å². The molecule has 1 atom stereocenters. The number of methoxy groups -OCH3 is 1. The molecule has 0 radical (unpaired) electrons. The van der Waals surface area contributed by atoms with E-state index >= 15 is 0 Å². The third-order valence-corrected chi connectivity index (χ3v) is 5.86. The van der Waals surface area contributed by atoms with Gasteiger partial charge in [0.15, 0.2) is 0 Å². The molecule has 0 aliphatic carbocycles. The lowest BCUT2D eigenvalue weighted by molar-refractivity contribution is -0.147. The molecular formula is C26H28N2O5. The number of ether oxygens (including phenoxy) is 2. The Kier molecular flexibility index (Phi) is 7.07. The summed E-state index contributed by atoms with van der Waals surface area (Å²) in [5.41, 5.74) is 2.33. The van der Waals surface area contributed by atoms with E-state index in [1.54, 1.807) is 29.2 Å². The highest BCUT2D eigenvalue weighted by atomic mass is 16.5. The molecule has 2 heterocycles. The molecule has 0 spiro atoms. The first kappa shape index (κ1) is 22.6. The molecule has 1 unspecified atom stereocenters. The maximum absolute atomic E-state index is 13.0.